The van der Waals surface area contributed by atoms with E-state index in [0.717, 1.165) is 42.8 Å². The molecular formula is C26H36N6. The summed E-state index contributed by atoms with van der Waals surface area (Å²) in [7, 11) is 4.47. The SMILES string of the molecule is Cc1cccnc1[C@@H]1CCC[C@H](c2nc3c(N4C[C@@H](C)N(C)[C@@H](C)C4)cccc3[nH]2)N1C. The molecule has 0 radical (unpaired) electrons. The fourth-order valence-electron chi connectivity index (χ4n) is 5.69. The minimum absolute atomic E-state index is 0.278. The number of pyridine rings is 1. The molecule has 32 heavy (non-hydrogen) atoms. The highest BCUT2D eigenvalue weighted by Gasteiger charge is 2.33. The van der Waals surface area contributed by atoms with Crippen LogP contribution >= 0.6 is 0 Å². The minimum Gasteiger partial charge on any atom is -0.367 e. The lowest BCUT2D eigenvalue weighted by atomic mass is 9.92. The number of fused-ring (bicyclic) bond motifs is 1. The number of hydrogen-bond donors (Lipinski definition) is 1. The Balaban J connectivity index is 1.46. The molecule has 4 heterocycles. The highest BCUT2D eigenvalue weighted by Crippen LogP contribution is 2.40. The summed E-state index contributed by atoms with van der Waals surface area (Å²) in [6.45, 7) is 8.87. The van der Waals surface area contributed by atoms with Gasteiger partial charge in [-0.05, 0) is 77.9 Å². The van der Waals surface area contributed by atoms with Crippen LogP contribution in [0.3, 0.4) is 0 Å². The van der Waals surface area contributed by atoms with E-state index in [1.54, 1.807) is 0 Å². The number of aromatic amines is 1. The second-order valence-corrected chi connectivity index (χ2v) is 9.90. The Morgan fingerprint density at radius 3 is 2.44 bits per heavy atom. The second-order valence-electron chi connectivity index (χ2n) is 9.90. The molecule has 0 bridgehead atoms. The number of aromatic nitrogens is 3. The number of H-pyrrole nitrogens is 1. The Kier molecular flexibility index (Phi) is 5.68. The monoisotopic (exact) mass is 432 g/mol. The highest BCUT2D eigenvalue weighted by atomic mass is 15.3. The number of anilines is 1. The summed E-state index contributed by atoms with van der Waals surface area (Å²) >= 11 is 0. The molecular weight excluding hydrogens is 396 g/mol. The molecule has 2 aliphatic heterocycles. The summed E-state index contributed by atoms with van der Waals surface area (Å²) < 4.78 is 0. The lowest BCUT2D eigenvalue weighted by Gasteiger charge is -2.43. The van der Waals surface area contributed by atoms with E-state index >= 15 is 0 Å². The molecule has 2 fully saturated rings. The summed E-state index contributed by atoms with van der Waals surface area (Å²) in [6.07, 6.45) is 5.38. The maximum absolute atomic E-state index is 5.21. The van der Waals surface area contributed by atoms with Crippen molar-refractivity contribution >= 4 is 16.7 Å². The van der Waals surface area contributed by atoms with Gasteiger partial charge in [-0.25, -0.2) is 4.98 Å². The van der Waals surface area contributed by atoms with Gasteiger partial charge >= 0.3 is 0 Å². The van der Waals surface area contributed by atoms with E-state index in [4.69, 9.17) is 9.97 Å². The molecule has 1 N–H and O–H groups in total. The number of hydrogen-bond acceptors (Lipinski definition) is 5. The lowest BCUT2D eigenvalue weighted by Crippen LogP contribution is -2.55. The van der Waals surface area contributed by atoms with Gasteiger partial charge < -0.3 is 9.88 Å². The van der Waals surface area contributed by atoms with E-state index in [-0.39, 0.29) is 6.04 Å². The standard InChI is InChI=1S/C26H36N6/c1-17-9-8-14-27-24(17)21-11-7-13-23(31(21)5)26-28-20-10-6-12-22(25(20)29-26)32-15-18(2)30(4)19(3)16-32/h6,8-10,12,14,18-19,21,23H,7,11,13,15-16H2,1-5H3,(H,28,29)/t18-,19+,21-,23+/m0/s1. The van der Waals surface area contributed by atoms with Crippen molar-refractivity contribution in [3.8, 4) is 0 Å². The Bertz CT molecular complexity index is 1080. The summed E-state index contributed by atoms with van der Waals surface area (Å²) in [5, 5.41) is 0. The van der Waals surface area contributed by atoms with E-state index in [9.17, 15) is 0 Å². The third kappa shape index (κ3) is 3.69. The third-order valence-electron chi connectivity index (χ3n) is 7.83. The number of rotatable bonds is 3. The summed E-state index contributed by atoms with van der Waals surface area (Å²) in [4.78, 5) is 21.1. The molecule has 0 spiro atoms. The van der Waals surface area contributed by atoms with Crippen LogP contribution in [-0.4, -0.2) is 64.0 Å². The number of nitrogens with zero attached hydrogens (tertiary/aromatic N) is 5. The van der Waals surface area contributed by atoms with Gasteiger partial charge in [0.1, 0.15) is 11.3 Å². The van der Waals surface area contributed by atoms with Gasteiger partial charge in [0, 0.05) is 31.4 Å². The average Bonchev–Trinajstić information content (AvgIpc) is 3.22. The Morgan fingerprint density at radius 2 is 1.69 bits per heavy atom. The number of para-hydroxylation sites is 1. The zero-order valence-electron chi connectivity index (χ0n) is 20.0. The second kappa shape index (κ2) is 8.49. The first-order valence-electron chi connectivity index (χ1n) is 12.0. The first-order valence-corrected chi connectivity index (χ1v) is 12.0. The quantitative estimate of drug-likeness (QED) is 0.651. The van der Waals surface area contributed by atoms with Crippen LogP contribution in [0.1, 0.15) is 62.3 Å². The van der Waals surface area contributed by atoms with Crippen molar-refractivity contribution in [2.75, 3.05) is 32.1 Å². The van der Waals surface area contributed by atoms with Crippen LogP contribution in [0.2, 0.25) is 0 Å². The fourth-order valence-corrected chi connectivity index (χ4v) is 5.69. The third-order valence-corrected chi connectivity index (χ3v) is 7.83. The zero-order chi connectivity index (χ0) is 22.4. The number of imidazole rings is 1. The first kappa shape index (κ1) is 21.4. The van der Waals surface area contributed by atoms with Gasteiger partial charge in [0.2, 0.25) is 0 Å². The maximum atomic E-state index is 5.21. The van der Waals surface area contributed by atoms with Gasteiger partial charge in [-0.15, -0.1) is 0 Å². The van der Waals surface area contributed by atoms with Crippen molar-refractivity contribution in [2.45, 2.75) is 64.2 Å². The van der Waals surface area contributed by atoms with Crippen molar-refractivity contribution in [2.24, 2.45) is 0 Å². The first-order chi connectivity index (χ1) is 15.4. The van der Waals surface area contributed by atoms with E-state index < -0.39 is 0 Å². The number of likely N-dealkylation sites (tertiary alicyclic amines) is 1. The Labute approximate surface area is 191 Å². The number of likely N-dealkylation sites (N-methyl/N-ethyl adjacent to an activating group) is 1. The number of aryl methyl sites for hydroxylation is 1. The maximum Gasteiger partial charge on any atom is 0.124 e. The molecule has 170 valence electrons. The Hall–Kier alpha value is -2.44. The van der Waals surface area contributed by atoms with Gasteiger partial charge in [0.25, 0.3) is 0 Å². The van der Waals surface area contributed by atoms with Crippen LogP contribution in [0.4, 0.5) is 5.69 Å². The molecule has 0 aliphatic carbocycles. The van der Waals surface area contributed by atoms with Crippen molar-refractivity contribution in [1.82, 2.24) is 24.8 Å². The molecule has 3 aromatic rings. The van der Waals surface area contributed by atoms with Gasteiger partial charge in [-0.3, -0.25) is 14.8 Å². The zero-order valence-corrected chi connectivity index (χ0v) is 20.0. The molecule has 2 saturated heterocycles. The van der Waals surface area contributed by atoms with E-state index in [1.165, 1.54) is 23.4 Å². The van der Waals surface area contributed by atoms with Crippen molar-refractivity contribution in [1.29, 1.82) is 0 Å². The molecule has 2 aliphatic rings. The molecule has 0 saturated carbocycles. The van der Waals surface area contributed by atoms with E-state index in [0.29, 0.717) is 18.1 Å². The van der Waals surface area contributed by atoms with Crippen molar-refractivity contribution in [3.63, 3.8) is 0 Å². The van der Waals surface area contributed by atoms with Crippen molar-refractivity contribution < 1.29 is 0 Å². The average molecular weight is 433 g/mol. The molecule has 5 rings (SSSR count). The number of piperazine rings is 1. The molecule has 0 unspecified atom stereocenters. The fraction of sp³-hybridized carbons (Fsp3) is 0.538. The molecule has 6 heteroatoms. The molecule has 0 amide bonds. The van der Waals surface area contributed by atoms with Crippen LogP contribution in [0, 0.1) is 6.92 Å². The number of benzene rings is 1. The van der Waals surface area contributed by atoms with Crippen LogP contribution in [0.5, 0.6) is 0 Å². The normalized spacial score (nSPS) is 27.8. The van der Waals surface area contributed by atoms with Crippen LogP contribution < -0.4 is 4.90 Å². The van der Waals surface area contributed by atoms with Crippen LogP contribution in [-0.2, 0) is 0 Å². The lowest BCUT2D eigenvalue weighted by molar-refractivity contribution is 0.107. The highest BCUT2D eigenvalue weighted by molar-refractivity contribution is 5.89. The summed E-state index contributed by atoms with van der Waals surface area (Å²) in [5.74, 6) is 1.09. The Morgan fingerprint density at radius 1 is 0.938 bits per heavy atom. The van der Waals surface area contributed by atoms with Gasteiger partial charge in [-0.1, -0.05) is 12.1 Å². The number of nitrogens with one attached hydrogen (secondary N) is 1. The topological polar surface area (TPSA) is 51.3 Å². The van der Waals surface area contributed by atoms with Crippen LogP contribution in [0.15, 0.2) is 36.5 Å². The van der Waals surface area contributed by atoms with Gasteiger partial charge in [0.15, 0.2) is 0 Å². The van der Waals surface area contributed by atoms with Crippen molar-refractivity contribution in [3.05, 3.63) is 53.6 Å². The smallest absolute Gasteiger partial charge is 0.124 e. The largest absolute Gasteiger partial charge is 0.367 e. The predicted octanol–water partition coefficient (Wildman–Crippen LogP) is 4.69. The molecule has 1 aromatic carbocycles. The molecule has 6 nitrogen and oxygen atoms in total. The van der Waals surface area contributed by atoms with E-state index in [2.05, 4.69) is 78.8 Å². The van der Waals surface area contributed by atoms with Gasteiger partial charge in [0.05, 0.1) is 29.0 Å². The molecule has 4 atom stereocenters. The van der Waals surface area contributed by atoms with Gasteiger partial charge in [-0.2, -0.15) is 0 Å². The molecule has 2 aromatic heterocycles. The van der Waals surface area contributed by atoms with E-state index in [1.807, 2.05) is 12.3 Å². The minimum atomic E-state index is 0.278. The summed E-state index contributed by atoms with van der Waals surface area (Å²) in [5.41, 5.74) is 5.98. The van der Waals surface area contributed by atoms with Crippen LogP contribution in [0.25, 0.3) is 11.0 Å². The number of piperidine rings is 1. The summed E-state index contributed by atoms with van der Waals surface area (Å²) in [6, 6.07) is 12.4. The predicted molar refractivity (Wildman–Crippen MR) is 131 cm³/mol.